The van der Waals surface area contributed by atoms with E-state index in [0.717, 1.165) is 18.3 Å². The monoisotopic (exact) mass is 287 g/mol. The van der Waals surface area contributed by atoms with Crippen molar-refractivity contribution in [3.8, 4) is 16.9 Å². The molecule has 0 bridgehead atoms. The maximum atomic E-state index is 13.6. The molecule has 1 heterocycles. The lowest BCUT2D eigenvalue weighted by atomic mass is 10.1. The van der Waals surface area contributed by atoms with E-state index in [2.05, 4.69) is 9.72 Å². The average molecular weight is 287 g/mol. The lowest BCUT2D eigenvalue weighted by Crippen LogP contribution is -2.17. The molecule has 0 aliphatic heterocycles. The van der Waals surface area contributed by atoms with Crippen molar-refractivity contribution in [1.82, 2.24) is 4.98 Å². The van der Waals surface area contributed by atoms with Gasteiger partial charge in [0.2, 0.25) is 5.95 Å². The Balaban J connectivity index is 2.40. The van der Waals surface area contributed by atoms with E-state index in [1.807, 2.05) is 0 Å². The molecule has 106 valence electrons. The number of rotatable bonds is 3. The highest BCUT2D eigenvalue weighted by Crippen LogP contribution is 2.29. The van der Waals surface area contributed by atoms with Crippen LogP contribution in [0.1, 0.15) is 5.56 Å². The molecular weight excluding hydrogens is 278 g/mol. The van der Waals surface area contributed by atoms with Gasteiger partial charge in [-0.3, -0.25) is 0 Å². The minimum absolute atomic E-state index is 0.0100. The van der Waals surface area contributed by atoms with Gasteiger partial charge in [-0.2, -0.15) is 4.39 Å². The fourth-order valence-electron chi connectivity index (χ4n) is 1.64. The fraction of sp³-hybridized carbons (Fsp3) is 0.154. The van der Waals surface area contributed by atoms with Crippen molar-refractivity contribution in [3.63, 3.8) is 0 Å². The van der Waals surface area contributed by atoms with Crippen LogP contribution in [0.2, 0.25) is 0 Å². The summed E-state index contributed by atoms with van der Waals surface area (Å²) in [5.74, 6) is -1.30. The Morgan fingerprint density at radius 3 is 2.60 bits per heavy atom. The molecule has 0 saturated carbocycles. The lowest BCUT2D eigenvalue weighted by molar-refractivity contribution is -0.274. The Morgan fingerprint density at radius 1 is 1.20 bits per heavy atom. The van der Waals surface area contributed by atoms with E-state index >= 15 is 0 Å². The van der Waals surface area contributed by atoms with Gasteiger partial charge < -0.3 is 9.84 Å². The van der Waals surface area contributed by atoms with Crippen LogP contribution in [0.4, 0.5) is 17.6 Å². The predicted molar refractivity (Wildman–Crippen MR) is 62.2 cm³/mol. The number of alkyl halides is 3. The van der Waals surface area contributed by atoms with Crippen LogP contribution >= 0.6 is 0 Å². The van der Waals surface area contributed by atoms with Crippen molar-refractivity contribution >= 4 is 0 Å². The number of aromatic nitrogens is 1. The highest BCUT2D eigenvalue weighted by Gasteiger charge is 2.31. The number of nitrogens with zero attached hydrogens (tertiary/aromatic N) is 1. The van der Waals surface area contributed by atoms with Gasteiger partial charge in [0.1, 0.15) is 5.75 Å². The zero-order chi connectivity index (χ0) is 14.8. The van der Waals surface area contributed by atoms with Gasteiger partial charge in [0.15, 0.2) is 0 Å². The molecule has 3 nitrogen and oxygen atoms in total. The third kappa shape index (κ3) is 3.45. The summed E-state index contributed by atoms with van der Waals surface area (Å²) in [6.07, 6.45) is -3.67. The molecule has 1 aromatic heterocycles. The number of hydrogen-bond donors (Lipinski definition) is 1. The zero-order valence-electron chi connectivity index (χ0n) is 9.99. The van der Waals surface area contributed by atoms with E-state index < -0.39 is 18.1 Å². The smallest absolute Gasteiger partial charge is 0.406 e. The molecule has 20 heavy (non-hydrogen) atoms. The minimum Gasteiger partial charge on any atom is -0.406 e. The summed E-state index contributed by atoms with van der Waals surface area (Å²) in [5, 5.41) is 8.97. The van der Waals surface area contributed by atoms with E-state index in [9.17, 15) is 17.6 Å². The van der Waals surface area contributed by atoms with Crippen LogP contribution in [0, 0.1) is 5.95 Å². The molecule has 0 spiro atoms. The molecular formula is C13H9F4NO2. The quantitative estimate of drug-likeness (QED) is 0.696. The molecule has 0 amide bonds. The molecule has 1 N–H and O–H groups in total. The molecule has 0 saturated heterocycles. The summed E-state index contributed by atoms with van der Waals surface area (Å²) < 4.78 is 53.8. The van der Waals surface area contributed by atoms with Crippen LogP contribution < -0.4 is 4.74 Å². The first-order valence-electron chi connectivity index (χ1n) is 5.50. The second-order valence-corrected chi connectivity index (χ2v) is 3.92. The first-order valence-corrected chi connectivity index (χ1v) is 5.50. The molecule has 2 aromatic rings. The summed E-state index contributed by atoms with van der Waals surface area (Å²) in [6.45, 7) is -0.348. The Bertz CT molecular complexity index is 614. The largest absolute Gasteiger partial charge is 0.573 e. The summed E-state index contributed by atoms with van der Waals surface area (Å²) in [7, 11) is 0. The summed E-state index contributed by atoms with van der Waals surface area (Å²) in [4.78, 5) is 3.44. The molecule has 7 heteroatoms. The van der Waals surface area contributed by atoms with Crippen LogP contribution in [0.15, 0.2) is 36.5 Å². The van der Waals surface area contributed by atoms with Gasteiger partial charge in [-0.1, -0.05) is 12.1 Å². The number of pyridine rings is 1. The number of benzene rings is 1. The Morgan fingerprint density at radius 2 is 1.95 bits per heavy atom. The minimum atomic E-state index is -4.82. The Kier molecular flexibility index (Phi) is 3.89. The number of aliphatic hydroxyl groups excluding tert-OH is 1. The van der Waals surface area contributed by atoms with Gasteiger partial charge in [-0.15, -0.1) is 13.2 Å². The maximum Gasteiger partial charge on any atom is 0.573 e. The van der Waals surface area contributed by atoms with E-state index in [0.29, 0.717) is 5.56 Å². The van der Waals surface area contributed by atoms with Crippen molar-refractivity contribution in [2.24, 2.45) is 0 Å². The Labute approximate surface area is 111 Å². The summed E-state index contributed by atoms with van der Waals surface area (Å²) in [5.41, 5.74) is 0.514. The number of ether oxygens (including phenoxy) is 1. The molecule has 0 unspecified atom stereocenters. The van der Waals surface area contributed by atoms with Crippen LogP contribution in [0.3, 0.4) is 0 Å². The van der Waals surface area contributed by atoms with E-state index in [-0.39, 0.29) is 17.7 Å². The van der Waals surface area contributed by atoms with Crippen LogP contribution in [0.5, 0.6) is 5.75 Å². The van der Waals surface area contributed by atoms with Crippen molar-refractivity contribution in [1.29, 1.82) is 0 Å². The molecule has 0 aliphatic rings. The number of aliphatic hydroxyl groups is 1. The number of halogens is 4. The average Bonchev–Trinajstić information content (AvgIpc) is 2.37. The first kappa shape index (κ1) is 14.3. The van der Waals surface area contributed by atoms with Crippen molar-refractivity contribution in [3.05, 3.63) is 48.0 Å². The van der Waals surface area contributed by atoms with Gasteiger partial charge in [0.05, 0.1) is 6.61 Å². The SMILES string of the molecule is OCc1cnc(F)c(-c2cccc(OC(F)(F)F)c2)c1. The molecule has 0 aliphatic carbocycles. The van der Waals surface area contributed by atoms with Gasteiger partial charge >= 0.3 is 6.36 Å². The highest BCUT2D eigenvalue weighted by molar-refractivity contribution is 5.65. The second kappa shape index (κ2) is 5.46. The first-order chi connectivity index (χ1) is 9.39. The highest BCUT2D eigenvalue weighted by atomic mass is 19.4. The Hall–Kier alpha value is -2.15. The van der Waals surface area contributed by atoms with Crippen molar-refractivity contribution < 1.29 is 27.4 Å². The second-order valence-electron chi connectivity index (χ2n) is 3.92. The summed E-state index contributed by atoms with van der Waals surface area (Å²) in [6, 6.07) is 6.20. The van der Waals surface area contributed by atoms with Crippen LogP contribution in [0.25, 0.3) is 11.1 Å². The topological polar surface area (TPSA) is 42.4 Å². The molecule has 0 radical (unpaired) electrons. The van der Waals surface area contributed by atoms with Crippen LogP contribution in [-0.4, -0.2) is 16.5 Å². The third-order valence-corrected chi connectivity index (χ3v) is 2.46. The van der Waals surface area contributed by atoms with Crippen molar-refractivity contribution in [2.75, 3.05) is 0 Å². The van der Waals surface area contributed by atoms with Gasteiger partial charge in [-0.25, -0.2) is 4.98 Å². The number of hydrogen-bond acceptors (Lipinski definition) is 3. The third-order valence-electron chi connectivity index (χ3n) is 2.46. The zero-order valence-corrected chi connectivity index (χ0v) is 9.99. The van der Waals surface area contributed by atoms with Crippen molar-refractivity contribution in [2.45, 2.75) is 13.0 Å². The molecule has 0 atom stereocenters. The van der Waals surface area contributed by atoms with E-state index in [1.165, 1.54) is 18.2 Å². The lowest BCUT2D eigenvalue weighted by Gasteiger charge is -2.10. The van der Waals surface area contributed by atoms with Gasteiger partial charge in [0, 0.05) is 11.8 Å². The molecule has 2 rings (SSSR count). The van der Waals surface area contributed by atoms with E-state index in [4.69, 9.17) is 5.11 Å². The molecule has 1 aromatic carbocycles. The predicted octanol–water partition coefficient (Wildman–Crippen LogP) is 3.28. The van der Waals surface area contributed by atoms with E-state index in [1.54, 1.807) is 0 Å². The normalized spacial score (nSPS) is 11.4. The maximum absolute atomic E-state index is 13.6. The molecule has 0 fully saturated rings. The standard InChI is InChI=1S/C13H9F4NO2/c14-12-11(4-8(7-19)6-18-12)9-2-1-3-10(5-9)20-13(15,16)17/h1-6,19H,7H2. The summed E-state index contributed by atoms with van der Waals surface area (Å²) >= 11 is 0. The fourth-order valence-corrected chi connectivity index (χ4v) is 1.64. The van der Waals surface area contributed by atoms with Crippen LogP contribution in [-0.2, 0) is 6.61 Å². The van der Waals surface area contributed by atoms with Gasteiger partial charge in [-0.05, 0) is 29.3 Å². The van der Waals surface area contributed by atoms with Gasteiger partial charge in [0.25, 0.3) is 0 Å².